The van der Waals surface area contributed by atoms with Crippen LogP contribution in [0.4, 0.5) is 0 Å². The molecule has 116 valence electrons. The first kappa shape index (κ1) is 16.5. The van der Waals surface area contributed by atoms with Crippen molar-refractivity contribution in [2.45, 2.75) is 38.6 Å². The van der Waals surface area contributed by atoms with Gasteiger partial charge in [0.1, 0.15) is 10.3 Å². The van der Waals surface area contributed by atoms with Crippen LogP contribution in [0, 0.1) is 0 Å². The van der Waals surface area contributed by atoms with Crippen LogP contribution in [0.25, 0.3) is 0 Å². The second-order valence-corrected chi connectivity index (χ2v) is 6.22. The predicted molar refractivity (Wildman–Crippen MR) is 86.1 cm³/mol. The molecule has 2 heterocycles. The van der Waals surface area contributed by atoms with Crippen molar-refractivity contribution in [2.24, 2.45) is 0 Å². The first-order valence-electron chi connectivity index (χ1n) is 7.44. The molecule has 0 spiro atoms. The van der Waals surface area contributed by atoms with Crippen molar-refractivity contribution in [1.82, 2.24) is 15.2 Å². The monoisotopic (exact) mass is 329 g/mol. The first-order valence-corrected chi connectivity index (χ1v) is 8.20. The highest BCUT2D eigenvalue weighted by atomic mass is 35.5. The summed E-state index contributed by atoms with van der Waals surface area (Å²) in [6, 6.07) is 3.30. The Kier molecular flexibility index (Phi) is 6.27. The molecule has 0 radical (unpaired) electrons. The van der Waals surface area contributed by atoms with Gasteiger partial charge in [0.2, 0.25) is 0 Å². The fourth-order valence-corrected chi connectivity index (χ4v) is 3.01. The Morgan fingerprint density at radius 1 is 1.33 bits per heavy atom. The van der Waals surface area contributed by atoms with Crippen LogP contribution in [-0.4, -0.2) is 41.5 Å². The lowest BCUT2D eigenvalue weighted by atomic mass is 10.0. The smallest absolute Gasteiger partial charge is 0.251 e. The molecule has 1 amide bonds. The van der Waals surface area contributed by atoms with Crippen LogP contribution in [0.5, 0.6) is 0 Å². The van der Waals surface area contributed by atoms with Gasteiger partial charge < -0.3 is 10.2 Å². The van der Waals surface area contributed by atoms with Crippen molar-refractivity contribution in [3.8, 4) is 0 Å². The molecule has 4 nitrogen and oxygen atoms in total. The molecule has 1 aromatic heterocycles. The van der Waals surface area contributed by atoms with E-state index in [1.807, 2.05) is 0 Å². The number of piperidine rings is 1. The number of pyridine rings is 1. The summed E-state index contributed by atoms with van der Waals surface area (Å²) in [5.74, 6) is -0.131. The van der Waals surface area contributed by atoms with Gasteiger partial charge in [-0.2, -0.15) is 0 Å². The highest BCUT2D eigenvalue weighted by molar-refractivity contribution is 6.33. The van der Waals surface area contributed by atoms with E-state index >= 15 is 0 Å². The van der Waals surface area contributed by atoms with Gasteiger partial charge in [-0.3, -0.25) is 4.79 Å². The van der Waals surface area contributed by atoms with E-state index in [2.05, 4.69) is 22.1 Å². The number of hydrogen-bond donors (Lipinski definition) is 1. The fraction of sp³-hybridized carbons (Fsp3) is 0.600. The summed E-state index contributed by atoms with van der Waals surface area (Å²) >= 11 is 11.6. The molecule has 6 heteroatoms. The summed E-state index contributed by atoms with van der Waals surface area (Å²) in [5.41, 5.74) is 0.466. The zero-order chi connectivity index (χ0) is 15.2. The van der Waals surface area contributed by atoms with E-state index in [1.54, 1.807) is 12.1 Å². The number of carbonyl (C=O) groups is 1. The second-order valence-electron chi connectivity index (χ2n) is 5.44. The van der Waals surface area contributed by atoms with Gasteiger partial charge >= 0.3 is 0 Å². The van der Waals surface area contributed by atoms with Crippen molar-refractivity contribution >= 4 is 29.1 Å². The fourth-order valence-electron chi connectivity index (χ4n) is 2.55. The molecule has 1 aliphatic rings. The maximum Gasteiger partial charge on any atom is 0.251 e. The zero-order valence-corrected chi connectivity index (χ0v) is 13.8. The number of hydrogen-bond acceptors (Lipinski definition) is 3. The Bertz CT molecular complexity index is 468. The van der Waals surface area contributed by atoms with E-state index in [9.17, 15) is 4.79 Å². The molecule has 0 unspecified atom stereocenters. The number of carbonyl (C=O) groups excluding carboxylic acids is 1. The number of unbranched alkanes of at least 4 members (excludes halogenated alkanes) is 1. The minimum absolute atomic E-state index is 0.131. The molecule has 0 atom stereocenters. The number of likely N-dealkylation sites (tertiary alicyclic amines) is 1. The number of nitrogens with zero attached hydrogens (tertiary/aromatic N) is 2. The molecule has 0 saturated carbocycles. The van der Waals surface area contributed by atoms with Crippen LogP contribution in [0.1, 0.15) is 43.0 Å². The highest BCUT2D eigenvalue weighted by Gasteiger charge is 2.21. The van der Waals surface area contributed by atoms with Gasteiger partial charge in [-0.25, -0.2) is 4.98 Å². The van der Waals surface area contributed by atoms with Crippen LogP contribution in [0.2, 0.25) is 10.3 Å². The molecule has 21 heavy (non-hydrogen) atoms. The summed E-state index contributed by atoms with van der Waals surface area (Å²) < 4.78 is 0. The number of aromatic nitrogens is 1. The van der Waals surface area contributed by atoms with Crippen molar-refractivity contribution < 1.29 is 4.79 Å². The minimum atomic E-state index is -0.131. The van der Waals surface area contributed by atoms with E-state index in [4.69, 9.17) is 23.2 Å². The molecule has 1 aromatic rings. The molecule has 1 N–H and O–H groups in total. The normalized spacial score (nSPS) is 16.9. The van der Waals surface area contributed by atoms with Crippen molar-refractivity contribution in [3.05, 3.63) is 28.0 Å². The number of amides is 1. The largest absolute Gasteiger partial charge is 0.349 e. The van der Waals surface area contributed by atoms with Gasteiger partial charge in [-0.05, 0) is 37.9 Å². The average Bonchev–Trinajstić information content (AvgIpc) is 2.45. The minimum Gasteiger partial charge on any atom is -0.349 e. The molecular formula is C15H21Cl2N3O. The summed E-state index contributed by atoms with van der Waals surface area (Å²) in [6.45, 7) is 5.45. The lowest BCUT2D eigenvalue weighted by Gasteiger charge is -2.32. The SMILES string of the molecule is CCCCN1CCC(NC(=O)c2cc(Cl)nc(Cl)c2)CC1. The summed E-state index contributed by atoms with van der Waals surface area (Å²) in [6.07, 6.45) is 4.44. The van der Waals surface area contributed by atoms with Gasteiger partial charge in [-0.15, -0.1) is 0 Å². The maximum absolute atomic E-state index is 12.2. The molecule has 1 fully saturated rings. The Morgan fingerprint density at radius 2 is 1.95 bits per heavy atom. The number of halogens is 2. The van der Waals surface area contributed by atoms with Crippen molar-refractivity contribution in [2.75, 3.05) is 19.6 Å². The quantitative estimate of drug-likeness (QED) is 0.842. The van der Waals surface area contributed by atoms with E-state index in [0.29, 0.717) is 5.56 Å². The Hall–Kier alpha value is -0.840. The van der Waals surface area contributed by atoms with Crippen LogP contribution < -0.4 is 5.32 Å². The van der Waals surface area contributed by atoms with E-state index in [1.165, 1.54) is 12.8 Å². The standard InChI is InChI=1S/C15H21Cl2N3O/c1-2-3-6-20-7-4-12(5-8-20)18-15(21)11-9-13(16)19-14(17)10-11/h9-10,12H,2-8H2,1H3,(H,18,21). The third kappa shape index (κ3) is 5.13. The first-order chi connectivity index (χ1) is 10.1. The lowest BCUT2D eigenvalue weighted by Crippen LogP contribution is -2.44. The molecule has 2 rings (SSSR count). The molecular weight excluding hydrogens is 309 g/mol. The molecule has 1 aliphatic heterocycles. The average molecular weight is 330 g/mol. The van der Waals surface area contributed by atoms with Crippen LogP contribution in [0.3, 0.4) is 0 Å². The molecule has 0 aliphatic carbocycles. The van der Waals surface area contributed by atoms with Crippen LogP contribution in [-0.2, 0) is 0 Å². The van der Waals surface area contributed by atoms with Gasteiger partial charge in [0, 0.05) is 24.7 Å². The van der Waals surface area contributed by atoms with Crippen molar-refractivity contribution in [1.29, 1.82) is 0 Å². The Morgan fingerprint density at radius 3 is 2.52 bits per heavy atom. The van der Waals surface area contributed by atoms with Gasteiger partial charge in [0.05, 0.1) is 0 Å². The predicted octanol–water partition coefficient (Wildman–Crippen LogP) is 3.38. The second kappa shape index (κ2) is 7.97. The molecule has 0 aromatic carbocycles. The summed E-state index contributed by atoms with van der Waals surface area (Å²) in [4.78, 5) is 18.5. The van der Waals surface area contributed by atoms with Crippen molar-refractivity contribution in [3.63, 3.8) is 0 Å². The van der Waals surface area contributed by atoms with Crippen LogP contribution >= 0.6 is 23.2 Å². The lowest BCUT2D eigenvalue weighted by molar-refractivity contribution is 0.0910. The Balaban J connectivity index is 1.84. The van der Waals surface area contributed by atoms with Gasteiger partial charge in [-0.1, -0.05) is 36.5 Å². The van der Waals surface area contributed by atoms with Gasteiger partial charge in [0.15, 0.2) is 0 Å². The Labute approximate surface area is 135 Å². The van der Waals surface area contributed by atoms with E-state index in [0.717, 1.165) is 32.5 Å². The third-order valence-corrected chi connectivity index (χ3v) is 4.16. The highest BCUT2D eigenvalue weighted by Crippen LogP contribution is 2.16. The summed E-state index contributed by atoms with van der Waals surface area (Å²) in [5, 5.41) is 3.53. The molecule has 0 bridgehead atoms. The number of rotatable bonds is 5. The van der Waals surface area contributed by atoms with E-state index in [-0.39, 0.29) is 22.3 Å². The van der Waals surface area contributed by atoms with Gasteiger partial charge in [0.25, 0.3) is 5.91 Å². The topological polar surface area (TPSA) is 45.2 Å². The maximum atomic E-state index is 12.2. The summed E-state index contributed by atoms with van der Waals surface area (Å²) in [7, 11) is 0. The zero-order valence-electron chi connectivity index (χ0n) is 12.2. The third-order valence-electron chi connectivity index (χ3n) is 3.78. The number of nitrogens with one attached hydrogen (secondary N) is 1. The molecule has 1 saturated heterocycles. The van der Waals surface area contributed by atoms with E-state index < -0.39 is 0 Å². The van der Waals surface area contributed by atoms with Crippen LogP contribution in [0.15, 0.2) is 12.1 Å².